The van der Waals surface area contributed by atoms with Crippen LogP contribution in [0, 0.1) is 3.57 Å². The first kappa shape index (κ1) is 12.4. The van der Waals surface area contributed by atoms with Crippen molar-refractivity contribution >= 4 is 50.3 Å². The Morgan fingerprint density at radius 3 is 2.60 bits per heavy atom. The van der Waals surface area contributed by atoms with Crippen LogP contribution in [0.2, 0.25) is 0 Å². The molecule has 0 saturated carbocycles. The Kier molecular flexibility index (Phi) is 4.52. The molecule has 1 aromatic carbocycles. The van der Waals surface area contributed by atoms with E-state index in [1.54, 1.807) is 12.1 Å². The molecule has 0 atom stereocenters. The fourth-order valence-corrected chi connectivity index (χ4v) is 1.80. The largest absolute Gasteiger partial charge is 0.274 e. The van der Waals surface area contributed by atoms with E-state index in [9.17, 15) is 9.59 Å². The van der Waals surface area contributed by atoms with Gasteiger partial charge in [-0.2, -0.15) is 0 Å². The Morgan fingerprint density at radius 1 is 1.33 bits per heavy atom. The predicted molar refractivity (Wildman–Crippen MR) is 68.1 cm³/mol. The van der Waals surface area contributed by atoms with E-state index in [0.717, 1.165) is 3.57 Å². The maximum absolute atomic E-state index is 11.6. The molecule has 2 amide bonds. The topological polar surface area (TPSA) is 58.2 Å². The molecular formula is C9H8BrIN2O2. The van der Waals surface area contributed by atoms with Gasteiger partial charge in [-0.05, 0) is 56.7 Å². The van der Waals surface area contributed by atoms with Crippen LogP contribution < -0.4 is 10.9 Å². The number of hydrogen-bond acceptors (Lipinski definition) is 2. The average Bonchev–Trinajstić information content (AvgIpc) is 2.18. The number of rotatable bonds is 1. The SMILES string of the molecule is CC(=O)NNC(=O)c1cc(I)ccc1Br. The zero-order valence-electron chi connectivity index (χ0n) is 7.80. The van der Waals surface area contributed by atoms with E-state index in [1.165, 1.54) is 6.92 Å². The van der Waals surface area contributed by atoms with Crippen molar-refractivity contribution in [2.24, 2.45) is 0 Å². The maximum atomic E-state index is 11.6. The van der Waals surface area contributed by atoms with Crippen molar-refractivity contribution in [1.82, 2.24) is 10.9 Å². The second-order valence-electron chi connectivity index (χ2n) is 2.76. The lowest BCUT2D eigenvalue weighted by Crippen LogP contribution is -2.40. The van der Waals surface area contributed by atoms with E-state index in [0.29, 0.717) is 10.0 Å². The number of benzene rings is 1. The summed E-state index contributed by atoms with van der Waals surface area (Å²) >= 11 is 5.37. The van der Waals surface area contributed by atoms with Crippen molar-refractivity contribution in [2.45, 2.75) is 6.92 Å². The Bertz CT molecular complexity index is 409. The molecule has 0 aromatic heterocycles. The summed E-state index contributed by atoms with van der Waals surface area (Å²) in [6.07, 6.45) is 0. The summed E-state index contributed by atoms with van der Waals surface area (Å²) in [5, 5.41) is 0. The zero-order chi connectivity index (χ0) is 11.4. The highest BCUT2D eigenvalue weighted by molar-refractivity contribution is 14.1. The third-order valence-corrected chi connectivity index (χ3v) is 2.89. The van der Waals surface area contributed by atoms with Gasteiger partial charge in [0.05, 0.1) is 5.56 Å². The maximum Gasteiger partial charge on any atom is 0.270 e. The molecule has 1 aromatic rings. The van der Waals surface area contributed by atoms with E-state index < -0.39 is 0 Å². The van der Waals surface area contributed by atoms with Gasteiger partial charge in [0.15, 0.2) is 0 Å². The molecule has 0 fully saturated rings. The Morgan fingerprint density at radius 2 is 2.00 bits per heavy atom. The smallest absolute Gasteiger partial charge is 0.270 e. The lowest BCUT2D eigenvalue weighted by Gasteiger charge is -2.06. The second-order valence-corrected chi connectivity index (χ2v) is 4.86. The van der Waals surface area contributed by atoms with Gasteiger partial charge >= 0.3 is 0 Å². The second kappa shape index (κ2) is 5.45. The molecule has 0 radical (unpaired) electrons. The third kappa shape index (κ3) is 3.78. The van der Waals surface area contributed by atoms with Crippen molar-refractivity contribution in [1.29, 1.82) is 0 Å². The fraction of sp³-hybridized carbons (Fsp3) is 0.111. The summed E-state index contributed by atoms with van der Waals surface area (Å²) < 4.78 is 1.63. The monoisotopic (exact) mass is 382 g/mol. The van der Waals surface area contributed by atoms with Gasteiger partial charge in [0, 0.05) is 15.0 Å². The average molecular weight is 383 g/mol. The highest BCUT2D eigenvalue weighted by atomic mass is 127. The van der Waals surface area contributed by atoms with Crippen LogP contribution in [0.4, 0.5) is 0 Å². The first-order chi connectivity index (χ1) is 7.00. The fourth-order valence-electron chi connectivity index (χ4n) is 0.884. The normalized spacial score (nSPS) is 9.53. The highest BCUT2D eigenvalue weighted by Crippen LogP contribution is 2.19. The van der Waals surface area contributed by atoms with Gasteiger partial charge in [0.2, 0.25) is 5.91 Å². The molecule has 0 aliphatic rings. The molecule has 4 nitrogen and oxygen atoms in total. The number of carbonyl (C=O) groups is 2. The molecule has 80 valence electrons. The standard InChI is InChI=1S/C9H8BrIN2O2/c1-5(14)12-13-9(15)7-4-6(11)2-3-8(7)10/h2-4H,1H3,(H,12,14)(H,13,15). The van der Waals surface area contributed by atoms with Crippen LogP contribution in [0.25, 0.3) is 0 Å². The van der Waals surface area contributed by atoms with Gasteiger partial charge in [-0.15, -0.1) is 0 Å². The first-order valence-electron chi connectivity index (χ1n) is 4.02. The minimum Gasteiger partial charge on any atom is -0.274 e. The molecule has 0 spiro atoms. The van der Waals surface area contributed by atoms with Crippen LogP contribution >= 0.6 is 38.5 Å². The van der Waals surface area contributed by atoms with Crippen molar-refractivity contribution in [3.63, 3.8) is 0 Å². The van der Waals surface area contributed by atoms with E-state index in [-0.39, 0.29) is 11.8 Å². The van der Waals surface area contributed by atoms with Crippen LogP contribution in [0.15, 0.2) is 22.7 Å². The van der Waals surface area contributed by atoms with E-state index >= 15 is 0 Å². The summed E-state index contributed by atoms with van der Waals surface area (Å²) in [4.78, 5) is 22.2. The summed E-state index contributed by atoms with van der Waals surface area (Å²) in [5.74, 6) is -0.666. The predicted octanol–water partition coefficient (Wildman–Crippen LogP) is 1.83. The Labute approximate surface area is 109 Å². The summed E-state index contributed by atoms with van der Waals surface area (Å²) in [6.45, 7) is 1.32. The number of hydrazine groups is 1. The molecule has 0 saturated heterocycles. The van der Waals surface area contributed by atoms with Gasteiger partial charge in [-0.1, -0.05) is 0 Å². The zero-order valence-corrected chi connectivity index (χ0v) is 11.5. The van der Waals surface area contributed by atoms with E-state index in [1.807, 2.05) is 6.07 Å². The first-order valence-corrected chi connectivity index (χ1v) is 5.90. The molecule has 0 aliphatic heterocycles. The number of hydrogen-bond donors (Lipinski definition) is 2. The van der Waals surface area contributed by atoms with Gasteiger partial charge < -0.3 is 0 Å². The quantitative estimate of drug-likeness (QED) is 0.575. The van der Waals surface area contributed by atoms with Gasteiger partial charge in [-0.3, -0.25) is 20.4 Å². The molecule has 0 unspecified atom stereocenters. The van der Waals surface area contributed by atoms with Gasteiger partial charge in [-0.25, -0.2) is 0 Å². The molecule has 2 N–H and O–H groups in total. The molecule has 0 heterocycles. The molecule has 6 heteroatoms. The van der Waals surface area contributed by atoms with Crippen LogP contribution in [-0.4, -0.2) is 11.8 Å². The van der Waals surface area contributed by atoms with E-state index in [2.05, 4.69) is 49.4 Å². The lowest BCUT2D eigenvalue weighted by atomic mass is 10.2. The summed E-state index contributed by atoms with van der Waals surface area (Å²) in [7, 11) is 0. The van der Waals surface area contributed by atoms with Crippen LogP contribution in [0.3, 0.4) is 0 Å². The van der Waals surface area contributed by atoms with Crippen molar-refractivity contribution in [2.75, 3.05) is 0 Å². The summed E-state index contributed by atoms with van der Waals surface area (Å²) in [5.41, 5.74) is 5.01. The number of nitrogens with one attached hydrogen (secondary N) is 2. The highest BCUT2D eigenvalue weighted by Gasteiger charge is 2.10. The molecule has 1 rings (SSSR count). The van der Waals surface area contributed by atoms with Crippen molar-refractivity contribution in [3.8, 4) is 0 Å². The van der Waals surface area contributed by atoms with Crippen LogP contribution in [-0.2, 0) is 4.79 Å². The lowest BCUT2D eigenvalue weighted by molar-refractivity contribution is -0.119. The summed E-state index contributed by atoms with van der Waals surface area (Å²) in [6, 6.07) is 5.38. The molecule has 0 aliphatic carbocycles. The van der Waals surface area contributed by atoms with Crippen LogP contribution in [0.1, 0.15) is 17.3 Å². The molecular weight excluding hydrogens is 375 g/mol. The Hall–Kier alpha value is -0.630. The molecule has 15 heavy (non-hydrogen) atoms. The number of carbonyl (C=O) groups excluding carboxylic acids is 2. The van der Waals surface area contributed by atoms with E-state index in [4.69, 9.17) is 0 Å². The third-order valence-electron chi connectivity index (χ3n) is 1.53. The van der Waals surface area contributed by atoms with Crippen molar-refractivity contribution in [3.05, 3.63) is 31.8 Å². The minimum absolute atomic E-state index is 0.315. The number of halogens is 2. The van der Waals surface area contributed by atoms with Gasteiger partial charge in [0.1, 0.15) is 0 Å². The van der Waals surface area contributed by atoms with Gasteiger partial charge in [0.25, 0.3) is 5.91 Å². The Balaban J connectivity index is 2.81. The molecule has 0 bridgehead atoms. The number of amides is 2. The van der Waals surface area contributed by atoms with Crippen LogP contribution in [0.5, 0.6) is 0 Å². The minimum atomic E-state index is -0.351. The van der Waals surface area contributed by atoms with Crippen molar-refractivity contribution < 1.29 is 9.59 Å².